The molecule has 1 aromatic rings. The van der Waals surface area contributed by atoms with Gasteiger partial charge in [0.05, 0.1) is 6.61 Å². The van der Waals surface area contributed by atoms with Crippen LogP contribution in [0.1, 0.15) is 29.6 Å². The number of hydrogen-bond acceptors (Lipinski definition) is 3. The van der Waals surface area contributed by atoms with Gasteiger partial charge in [-0.25, -0.2) is 4.98 Å². The average molecular weight is 255 g/mol. The van der Waals surface area contributed by atoms with E-state index in [-0.39, 0.29) is 18.6 Å². The van der Waals surface area contributed by atoms with E-state index in [1.54, 1.807) is 17.0 Å². The van der Waals surface area contributed by atoms with Gasteiger partial charge in [-0.15, -0.1) is 0 Å². The van der Waals surface area contributed by atoms with Gasteiger partial charge < -0.3 is 10.0 Å². The fourth-order valence-electron chi connectivity index (χ4n) is 1.96. The molecule has 1 amide bonds. The first-order valence-corrected chi connectivity index (χ1v) is 6.13. The lowest BCUT2D eigenvalue weighted by atomic mass is 9.91. The highest BCUT2D eigenvalue weighted by molar-refractivity contribution is 6.29. The van der Waals surface area contributed by atoms with Crippen LogP contribution in [0.4, 0.5) is 0 Å². The van der Waals surface area contributed by atoms with Crippen LogP contribution in [0, 0.1) is 0 Å². The molecule has 1 saturated carbocycles. The minimum Gasteiger partial charge on any atom is -0.395 e. The van der Waals surface area contributed by atoms with Crippen LogP contribution in [0.2, 0.25) is 5.15 Å². The number of nitrogens with zero attached hydrogens (tertiary/aromatic N) is 2. The second-order valence-corrected chi connectivity index (χ2v) is 4.56. The van der Waals surface area contributed by atoms with Crippen LogP contribution in [-0.4, -0.2) is 40.1 Å². The third-order valence-electron chi connectivity index (χ3n) is 3.09. The zero-order chi connectivity index (χ0) is 12.3. The lowest BCUT2D eigenvalue weighted by molar-refractivity contribution is 0.0525. The maximum absolute atomic E-state index is 12.2. The fraction of sp³-hybridized carbons (Fsp3) is 0.500. The summed E-state index contributed by atoms with van der Waals surface area (Å²) in [6.45, 7) is 0.366. The van der Waals surface area contributed by atoms with Gasteiger partial charge in [-0.3, -0.25) is 4.79 Å². The van der Waals surface area contributed by atoms with Gasteiger partial charge >= 0.3 is 0 Å². The van der Waals surface area contributed by atoms with E-state index in [9.17, 15) is 4.79 Å². The third kappa shape index (κ3) is 2.76. The van der Waals surface area contributed by atoms with E-state index < -0.39 is 0 Å². The molecule has 0 radical (unpaired) electrons. The van der Waals surface area contributed by atoms with Gasteiger partial charge in [0.15, 0.2) is 0 Å². The molecular formula is C12H15ClN2O2. The van der Waals surface area contributed by atoms with E-state index in [4.69, 9.17) is 16.7 Å². The molecule has 0 saturated heterocycles. The molecule has 92 valence electrons. The Morgan fingerprint density at radius 3 is 2.88 bits per heavy atom. The highest BCUT2D eigenvalue weighted by Gasteiger charge is 2.28. The van der Waals surface area contributed by atoms with Crippen molar-refractivity contribution in [3.05, 3.63) is 29.0 Å². The standard InChI is InChI=1S/C12H15ClN2O2/c13-11-8-9(4-5-14-11)12(17)15(6-7-16)10-2-1-3-10/h4-5,8,10,16H,1-3,6-7H2. The van der Waals surface area contributed by atoms with Crippen LogP contribution in [0.3, 0.4) is 0 Å². The molecule has 1 heterocycles. The summed E-state index contributed by atoms with van der Waals surface area (Å²) in [5.74, 6) is -0.0759. The van der Waals surface area contributed by atoms with Crippen LogP contribution < -0.4 is 0 Å². The first-order valence-electron chi connectivity index (χ1n) is 5.76. The third-order valence-corrected chi connectivity index (χ3v) is 3.30. The lowest BCUT2D eigenvalue weighted by Gasteiger charge is -2.37. The van der Waals surface area contributed by atoms with E-state index in [1.165, 1.54) is 6.20 Å². The molecule has 0 aliphatic heterocycles. The van der Waals surface area contributed by atoms with Crippen molar-refractivity contribution in [2.24, 2.45) is 0 Å². The Balaban J connectivity index is 2.15. The number of pyridine rings is 1. The molecule has 1 aliphatic rings. The first-order chi connectivity index (χ1) is 8.22. The fourth-order valence-corrected chi connectivity index (χ4v) is 2.13. The van der Waals surface area contributed by atoms with Crippen molar-refractivity contribution >= 4 is 17.5 Å². The van der Waals surface area contributed by atoms with Gasteiger partial charge in [0, 0.05) is 24.3 Å². The van der Waals surface area contributed by atoms with Crippen molar-refractivity contribution in [3.63, 3.8) is 0 Å². The SMILES string of the molecule is O=C(c1ccnc(Cl)c1)N(CCO)C1CCC1. The Morgan fingerprint density at radius 1 is 1.59 bits per heavy atom. The van der Waals surface area contributed by atoms with Crippen LogP contribution in [0.15, 0.2) is 18.3 Å². The number of hydrogen-bond donors (Lipinski definition) is 1. The molecule has 0 aromatic carbocycles. The summed E-state index contributed by atoms with van der Waals surface area (Å²) in [7, 11) is 0. The Kier molecular flexibility index (Phi) is 3.97. The van der Waals surface area contributed by atoms with E-state index in [0.29, 0.717) is 17.3 Å². The molecule has 4 nitrogen and oxygen atoms in total. The van der Waals surface area contributed by atoms with Crippen molar-refractivity contribution in [1.82, 2.24) is 9.88 Å². The van der Waals surface area contributed by atoms with Crippen LogP contribution >= 0.6 is 11.6 Å². The topological polar surface area (TPSA) is 53.4 Å². The molecule has 1 N–H and O–H groups in total. The van der Waals surface area contributed by atoms with Crippen molar-refractivity contribution in [1.29, 1.82) is 0 Å². The minimum atomic E-state index is -0.0759. The molecule has 0 unspecified atom stereocenters. The summed E-state index contributed by atoms with van der Waals surface area (Å²) in [5, 5.41) is 9.34. The molecular weight excluding hydrogens is 240 g/mol. The maximum Gasteiger partial charge on any atom is 0.254 e. The number of rotatable bonds is 4. The smallest absolute Gasteiger partial charge is 0.254 e. The number of amides is 1. The molecule has 17 heavy (non-hydrogen) atoms. The molecule has 0 spiro atoms. The quantitative estimate of drug-likeness (QED) is 0.833. The number of carbonyl (C=O) groups excluding carboxylic acids is 1. The summed E-state index contributed by atoms with van der Waals surface area (Å²) in [4.78, 5) is 17.8. The predicted octanol–water partition coefficient (Wildman–Crippen LogP) is 1.72. The van der Waals surface area contributed by atoms with Crippen molar-refractivity contribution in [3.8, 4) is 0 Å². The summed E-state index contributed by atoms with van der Waals surface area (Å²) in [6, 6.07) is 3.48. The van der Waals surface area contributed by atoms with Gasteiger partial charge in [0.2, 0.25) is 0 Å². The van der Waals surface area contributed by atoms with Gasteiger partial charge in [0.25, 0.3) is 5.91 Å². The minimum absolute atomic E-state index is 0.0128. The lowest BCUT2D eigenvalue weighted by Crippen LogP contribution is -2.45. The number of aliphatic hydroxyl groups is 1. The normalized spacial score (nSPS) is 15.4. The molecule has 2 rings (SSSR count). The van der Waals surface area contributed by atoms with Gasteiger partial charge in [-0.1, -0.05) is 11.6 Å². The summed E-state index contributed by atoms with van der Waals surface area (Å²) < 4.78 is 0. The largest absolute Gasteiger partial charge is 0.395 e. The van der Waals surface area contributed by atoms with Crippen molar-refractivity contribution in [2.75, 3.05) is 13.2 Å². The molecule has 1 aliphatic carbocycles. The van der Waals surface area contributed by atoms with Gasteiger partial charge in [-0.05, 0) is 31.4 Å². The van der Waals surface area contributed by atoms with E-state index in [2.05, 4.69) is 4.98 Å². The van der Waals surface area contributed by atoms with Crippen LogP contribution in [0.25, 0.3) is 0 Å². The second kappa shape index (κ2) is 5.47. The number of carbonyl (C=O) groups is 1. The van der Waals surface area contributed by atoms with Crippen molar-refractivity contribution < 1.29 is 9.90 Å². The van der Waals surface area contributed by atoms with E-state index in [0.717, 1.165) is 19.3 Å². The zero-order valence-electron chi connectivity index (χ0n) is 9.47. The predicted molar refractivity (Wildman–Crippen MR) is 65.0 cm³/mol. The van der Waals surface area contributed by atoms with Crippen LogP contribution in [-0.2, 0) is 0 Å². The van der Waals surface area contributed by atoms with Gasteiger partial charge in [-0.2, -0.15) is 0 Å². The van der Waals surface area contributed by atoms with E-state index >= 15 is 0 Å². The van der Waals surface area contributed by atoms with Gasteiger partial charge in [0.1, 0.15) is 5.15 Å². The van der Waals surface area contributed by atoms with Crippen LogP contribution in [0.5, 0.6) is 0 Å². The molecule has 5 heteroatoms. The molecule has 1 fully saturated rings. The number of halogens is 1. The Hall–Kier alpha value is -1.13. The number of aliphatic hydroxyl groups excluding tert-OH is 1. The van der Waals surface area contributed by atoms with Crippen molar-refractivity contribution in [2.45, 2.75) is 25.3 Å². The Morgan fingerprint density at radius 2 is 2.35 bits per heavy atom. The molecule has 1 aromatic heterocycles. The summed E-state index contributed by atoms with van der Waals surface area (Å²) >= 11 is 5.77. The average Bonchev–Trinajstić information content (AvgIpc) is 2.25. The molecule has 0 atom stereocenters. The Labute approximate surface area is 105 Å². The Bertz CT molecular complexity index is 407. The second-order valence-electron chi connectivity index (χ2n) is 4.17. The van der Waals surface area contributed by atoms with E-state index in [1.807, 2.05) is 0 Å². The summed E-state index contributed by atoms with van der Waals surface area (Å²) in [6.07, 6.45) is 4.71. The summed E-state index contributed by atoms with van der Waals surface area (Å²) in [5.41, 5.74) is 0.533. The highest BCUT2D eigenvalue weighted by atomic mass is 35.5. The maximum atomic E-state index is 12.2. The monoisotopic (exact) mass is 254 g/mol. The first kappa shape index (κ1) is 12.3. The zero-order valence-corrected chi connectivity index (χ0v) is 10.2. The number of aromatic nitrogens is 1. The molecule has 0 bridgehead atoms. The highest BCUT2D eigenvalue weighted by Crippen LogP contribution is 2.26.